The molecule has 2 nitrogen and oxygen atoms in total. The molecule has 2 N–H and O–H groups in total. The number of thiophene rings is 1. The molecule has 2 unspecified atom stereocenters. The quantitative estimate of drug-likeness (QED) is 0.825. The highest BCUT2D eigenvalue weighted by Crippen LogP contribution is 2.33. The normalized spacial score (nSPS) is 20.0. The summed E-state index contributed by atoms with van der Waals surface area (Å²) in [6.45, 7) is 6.68. The summed E-state index contributed by atoms with van der Waals surface area (Å²) in [7, 11) is 0. The van der Waals surface area contributed by atoms with E-state index in [2.05, 4.69) is 35.6 Å². The fourth-order valence-corrected chi connectivity index (χ4v) is 3.05. The first-order chi connectivity index (χ1) is 7.72. The maximum Gasteiger partial charge on any atom is 0.0504 e. The van der Waals surface area contributed by atoms with Crippen LogP contribution in [0, 0.1) is 5.92 Å². The molecule has 3 heteroatoms. The van der Waals surface area contributed by atoms with Gasteiger partial charge in [-0.3, -0.25) is 4.90 Å². The zero-order chi connectivity index (χ0) is 11.5. The van der Waals surface area contributed by atoms with E-state index >= 15 is 0 Å². The smallest absolute Gasteiger partial charge is 0.0504 e. The number of hydrogen-bond donors (Lipinski definition) is 1. The highest BCUT2D eigenvalue weighted by Gasteiger charge is 2.29. The van der Waals surface area contributed by atoms with Gasteiger partial charge in [0.15, 0.2) is 0 Å². The van der Waals surface area contributed by atoms with E-state index in [4.69, 9.17) is 5.73 Å². The minimum atomic E-state index is 0.202. The van der Waals surface area contributed by atoms with Gasteiger partial charge in [0, 0.05) is 12.6 Å². The third-order valence-corrected chi connectivity index (χ3v) is 4.07. The summed E-state index contributed by atoms with van der Waals surface area (Å²) in [5.41, 5.74) is 7.55. The summed E-state index contributed by atoms with van der Waals surface area (Å²) < 4.78 is 0. The fraction of sp³-hybridized carbons (Fsp3) is 0.692. The average Bonchev–Trinajstić information content (AvgIpc) is 2.90. The Morgan fingerprint density at radius 2 is 2.31 bits per heavy atom. The molecule has 2 rings (SSSR count). The third kappa shape index (κ3) is 2.84. The van der Waals surface area contributed by atoms with Crippen LogP contribution in [0.15, 0.2) is 16.8 Å². The Kier molecular flexibility index (Phi) is 4.00. The SMILES string of the molecule is CCN(CC1CC1)C(c1ccsc1)C(C)N. The summed E-state index contributed by atoms with van der Waals surface area (Å²) in [5, 5.41) is 4.39. The van der Waals surface area contributed by atoms with Crippen LogP contribution >= 0.6 is 11.3 Å². The van der Waals surface area contributed by atoms with Crippen molar-refractivity contribution in [3.05, 3.63) is 22.4 Å². The van der Waals surface area contributed by atoms with Crippen molar-refractivity contribution in [1.29, 1.82) is 0 Å². The van der Waals surface area contributed by atoms with E-state index in [9.17, 15) is 0 Å². The largest absolute Gasteiger partial charge is 0.326 e. The Balaban J connectivity index is 2.09. The molecule has 1 aliphatic carbocycles. The van der Waals surface area contributed by atoms with Crippen molar-refractivity contribution in [2.75, 3.05) is 13.1 Å². The van der Waals surface area contributed by atoms with Crippen LogP contribution < -0.4 is 5.73 Å². The van der Waals surface area contributed by atoms with Crippen LogP contribution in [-0.2, 0) is 0 Å². The molecular formula is C13H22N2S. The second kappa shape index (κ2) is 5.30. The molecule has 16 heavy (non-hydrogen) atoms. The summed E-state index contributed by atoms with van der Waals surface area (Å²) in [4.78, 5) is 2.55. The second-order valence-corrected chi connectivity index (χ2v) is 5.67. The Bertz CT molecular complexity index is 304. The van der Waals surface area contributed by atoms with Crippen LogP contribution in [0.2, 0.25) is 0 Å². The predicted octanol–water partition coefficient (Wildman–Crippen LogP) is 2.87. The van der Waals surface area contributed by atoms with Crippen molar-refractivity contribution in [2.24, 2.45) is 11.7 Å². The van der Waals surface area contributed by atoms with Gasteiger partial charge in [0.25, 0.3) is 0 Å². The number of nitrogens with zero attached hydrogens (tertiary/aromatic N) is 1. The third-order valence-electron chi connectivity index (χ3n) is 3.37. The standard InChI is InChI=1S/C13H22N2S/c1-3-15(8-11-4-5-11)13(10(2)14)12-6-7-16-9-12/h6-7,9-11,13H,3-5,8,14H2,1-2H3. The van der Waals surface area contributed by atoms with E-state index in [1.165, 1.54) is 24.9 Å². The monoisotopic (exact) mass is 238 g/mol. The van der Waals surface area contributed by atoms with Crippen molar-refractivity contribution >= 4 is 11.3 Å². The molecule has 1 aromatic rings. The Morgan fingerprint density at radius 3 is 2.75 bits per heavy atom. The first-order valence-electron chi connectivity index (χ1n) is 6.24. The molecule has 0 amide bonds. The minimum absolute atomic E-state index is 0.202. The van der Waals surface area contributed by atoms with E-state index in [-0.39, 0.29) is 6.04 Å². The lowest BCUT2D eigenvalue weighted by atomic mass is 10.0. The van der Waals surface area contributed by atoms with Crippen LogP contribution in [0.4, 0.5) is 0 Å². The Morgan fingerprint density at radius 1 is 1.56 bits per heavy atom. The number of rotatable bonds is 6. The topological polar surface area (TPSA) is 29.3 Å². The highest BCUT2D eigenvalue weighted by molar-refractivity contribution is 7.07. The van der Waals surface area contributed by atoms with E-state index in [0.29, 0.717) is 6.04 Å². The van der Waals surface area contributed by atoms with Crippen LogP contribution in [0.1, 0.15) is 38.3 Å². The van der Waals surface area contributed by atoms with Crippen molar-refractivity contribution in [2.45, 2.75) is 38.8 Å². The molecule has 1 aliphatic rings. The molecule has 1 saturated carbocycles. The van der Waals surface area contributed by atoms with Crippen LogP contribution in [0.25, 0.3) is 0 Å². The lowest BCUT2D eigenvalue weighted by Crippen LogP contribution is -2.40. The summed E-state index contributed by atoms with van der Waals surface area (Å²) in [6.07, 6.45) is 2.82. The average molecular weight is 238 g/mol. The molecule has 90 valence electrons. The van der Waals surface area contributed by atoms with Gasteiger partial charge in [-0.15, -0.1) is 0 Å². The van der Waals surface area contributed by atoms with Gasteiger partial charge in [-0.1, -0.05) is 6.92 Å². The van der Waals surface area contributed by atoms with Crippen LogP contribution in [0.3, 0.4) is 0 Å². The Labute approximate surface area is 102 Å². The molecule has 0 bridgehead atoms. The van der Waals surface area contributed by atoms with Gasteiger partial charge in [0.1, 0.15) is 0 Å². The summed E-state index contributed by atoms with van der Waals surface area (Å²) in [6, 6.07) is 2.82. The molecule has 0 radical (unpaired) electrons. The molecule has 0 aromatic carbocycles. The molecule has 1 heterocycles. The van der Waals surface area contributed by atoms with Crippen LogP contribution in [-0.4, -0.2) is 24.0 Å². The van der Waals surface area contributed by atoms with Gasteiger partial charge in [-0.05, 0) is 54.6 Å². The lowest BCUT2D eigenvalue weighted by Gasteiger charge is -2.33. The lowest BCUT2D eigenvalue weighted by molar-refractivity contribution is 0.178. The fourth-order valence-electron chi connectivity index (χ4n) is 2.36. The van der Waals surface area contributed by atoms with Gasteiger partial charge in [0.2, 0.25) is 0 Å². The van der Waals surface area contributed by atoms with E-state index in [0.717, 1.165) is 12.5 Å². The predicted molar refractivity (Wildman–Crippen MR) is 70.7 cm³/mol. The minimum Gasteiger partial charge on any atom is -0.326 e. The molecule has 1 aromatic heterocycles. The summed E-state index contributed by atoms with van der Waals surface area (Å²) in [5.74, 6) is 0.930. The van der Waals surface area contributed by atoms with E-state index in [1.54, 1.807) is 11.3 Å². The zero-order valence-electron chi connectivity index (χ0n) is 10.2. The van der Waals surface area contributed by atoms with Crippen molar-refractivity contribution < 1.29 is 0 Å². The number of likely N-dealkylation sites (N-methyl/N-ethyl adjacent to an activating group) is 1. The van der Waals surface area contributed by atoms with Crippen molar-refractivity contribution in [3.8, 4) is 0 Å². The van der Waals surface area contributed by atoms with E-state index < -0.39 is 0 Å². The van der Waals surface area contributed by atoms with Crippen molar-refractivity contribution in [1.82, 2.24) is 4.90 Å². The molecule has 1 fully saturated rings. The maximum absolute atomic E-state index is 6.16. The zero-order valence-corrected chi connectivity index (χ0v) is 11.0. The number of nitrogens with two attached hydrogens (primary N) is 1. The summed E-state index contributed by atoms with van der Waals surface area (Å²) >= 11 is 1.77. The van der Waals surface area contributed by atoms with Gasteiger partial charge < -0.3 is 5.73 Å². The molecule has 0 saturated heterocycles. The maximum atomic E-state index is 6.16. The van der Waals surface area contributed by atoms with Crippen LogP contribution in [0.5, 0.6) is 0 Å². The molecular weight excluding hydrogens is 216 g/mol. The Hall–Kier alpha value is -0.380. The van der Waals surface area contributed by atoms with Gasteiger partial charge >= 0.3 is 0 Å². The first kappa shape index (κ1) is 12.1. The molecule has 2 atom stereocenters. The molecule has 0 aliphatic heterocycles. The first-order valence-corrected chi connectivity index (χ1v) is 7.18. The van der Waals surface area contributed by atoms with Gasteiger partial charge in [-0.2, -0.15) is 11.3 Å². The van der Waals surface area contributed by atoms with Gasteiger partial charge in [0.05, 0.1) is 6.04 Å². The van der Waals surface area contributed by atoms with Crippen molar-refractivity contribution in [3.63, 3.8) is 0 Å². The molecule has 0 spiro atoms. The number of hydrogen-bond acceptors (Lipinski definition) is 3. The van der Waals surface area contributed by atoms with Gasteiger partial charge in [-0.25, -0.2) is 0 Å². The second-order valence-electron chi connectivity index (χ2n) is 4.89. The van der Waals surface area contributed by atoms with E-state index in [1.807, 2.05) is 0 Å². The highest BCUT2D eigenvalue weighted by atomic mass is 32.1.